The summed E-state index contributed by atoms with van der Waals surface area (Å²) in [7, 11) is 1.32. The predicted octanol–water partition coefficient (Wildman–Crippen LogP) is 5.70. The van der Waals surface area contributed by atoms with Gasteiger partial charge in [-0.05, 0) is 63.3 Å². The molecule has 4 rings (SSSR count). The molecule has 0 spiro atoms. The molecule has 1 amide bonds. The first-order valence-electron chi connectivity index (χ1n) is 13.3. The quantitative estimate of drug-likeness (QED) is 0.261. The Hall–Kier alpha value is -4.01. The van der Waals surface area contributed by atoms with Gasteiger partial charge in [-0.3, -0.25) is 0 Å². The number of aromatic nitrogens is 1. The number of fused-ring (bicyclic) bond motifs is 1. The Kier molecular flexibility index (Phi) is 8.18. The molecule has 0 bridgehead atoms. The molecule has 9 heteroatoms. The van der Waals surface area contributed by atoms with E-state index in [1.54, 1.807) is 32.9 Å². The Morgan fingerprint density at radius 2 is 1.79 bits per heavy atom. The second kappa shape index (κ2) is 11.4. The molecule has 0 unspecified atom stereocenters. The summed E-state index contributed by atoms with van der Waals surface area (Å²) in [5.41, 5.74) is 9.93. The van der Waals surface area contributed by atoms with Crippen LogP contribution in [0.15, 0.2) is 42.5 Å². The molecule has 1 aliphatic rings. The van der Waals surface area contributed by atoms with Crippen molar-refractivity contribution in [3.05, 3.63) is 53.6 Å². The molecule has 3 aromatic rings. The zero-order chi connectivity index (χ0) is 28.3. The van der Waals surface area contributed by atoms with E-state index in [9.17, 15) is 19.5 Å². The number of ether oxygens (including phenoxy) is 2. The normalized spacial score (nSPS) is 15.1. The molecule has 1 saturated carbocycles. The summed E-state index contributed by atoms with van der Waals surface area (Å²) < 4.78 is 12.2. The lowest BCUT2D eigenvalue weighted by molar-refractivity contribution is -0.139. The fraction of sp³-hybridized carbons (Fsp3) is 0.433. The number of hydrogen-bond acceptors (Lipinski definition) is 6. The molecule has 208 valence electrons. The molecule has 2 aromatic carbocycles. The number of methoxy groups -OCH3 is 1. The highest BCUT2D eigenvalue weighted by molar-refractivity contribution is 6.00. The number of amides is 1. The minimum atomic E-state index is -1.31. The summed E-state index contributed by atoms with van der Waals surface area (Å²) in [6.07, 6.45) is 4.53. The third-order valence-electron chi connectivity index (χ3n) is 7.11. The Labute approximate surface area is 228 Å². The van der Waals surface area contributed by atoms with Gasteiger partial charge in [-0.2, -0.15) is 0 Å². The first kappa shape index (κ1) is 28.0. The molecular weight excluding hydrogens is 498 g/mol. The van der Waals surface area contributed by atoms with Crippen molar-refractivity contribution < 1.29 is 29.0 Å². The highest BCUT2D eigenvalue weighted by Crippen LogP contribution is 2.45. The minimum Gasteiger partial charge on any atom is -0.480 e. The number of benzene rings is 2. The van der Waals surface area contributed by atoms with Crippen molar-refractivity contribution in [1.82, 2.24) is 9.88 Å². The molecule has 4 N–H and O–H groups in total. The van der Waals surface area contributed by atoms with Crippen LogP contribution in [0.4, 0.5) is 10.5 Å². The average molecular weight is 536 g/mol. The highest BCUT2D eigenvalue weighted by Gasteiger charge is 2.31. The number of para-hydroxylation sites is 1. The molecule has 1 heterocycles. The van der Waals surface area contributed by atoms with Gasteiger partial charge in [0.1, 0.15) is 11.6 Å². The summed E-state index contributed by atoms with van der Waals surface area (Å²) in [6.45, 7) is 5.03. The van der Waals surface area contributed by atoms with Crippen LogP contribution in [0.5, 0.6) is 0 Å². The van der Waals surface area contributed by atoms with Crippen LogP contribution in [0.2, 0.25) is 0 Å². The van der Waals surface area contributed by atoms with E-state index in [1.165, 1.54) is 13.5 Å². The molecule has 0 radical (unpaired) electrons. The number of alkyl carbamates (subject to hydrolysis) is 1. The van der Waals surface area contributed by atoms with Gasteiger partial charge in [0.15, 0.2) is 0 Å². The van der Waals surface area contributed by atoms with E-state index in [0.717, 1.165) is 47.9 Å². The maximum absolute atomic E-state index is 12.6. The van der Waals surface area contributed by atoms with Gasteiger partial charge in [-0.15, -0.1) is 0 Å². The predicted molar refractivity (Wildman–Crippen MR) is 150 cm³/mol. The third kappa shape index (κ3) is 6.19. The number of carbonyl (C=O) groups excluding carboxylic acids is 2. The SMILES string of the molecule is COC(=O)c1ccc2c(C3CCCCC3)c(-c3ccccc3N)n(C[C@H](NC(=O)OC(C)(C)C)C(=O)O)c2c1. The maximum atomic E-state index is 12.6. The number of nitrogens with one attached hydrogen (secondary N) is 1. The van der Waals surface area contributed by atoms with Crippen molar-refractivity contribution >= 4 is 34.6 Å². The number of hydrogen-bond donors (Lipinski definition) is 3. The summed E-state index contributed by atoms with van der Waals surface area (Å²) in [6, 6.07) is 11.5. The Morgan fingerprint density at radius 3 is 2.41 bits per heavy atom. The number of nitrogens with zero attached hydrogens (tertiary/aromatic N) is 1. The number of rotatable bonds is 7. The molecule has 1 aliphatic carbocycles. The van der Waals surface area contributed by atoms with Gasteiger partial charge in [0.05, 0.1) is 24.9 Å². The standard InChI is InChI=1S/C30H37N3O6/c1-30(2,3)39-29(37)32-23(27(34)35)17-33-24-16-19(28(36)38-4)14-15-21(24)25(18-10-6-5-7-11-18)26(33)20-12-8-9-13-22(20)31/h8-9,12-16,18,23H,5-7,10-11,17,31H2,1-4H3,(H,32,37)(H,34,35)/t23-/m0/s1. The van der Waals surface area contributed by atoms with Crippen molar-refractivity contribution in [2.24, 2.45) is 0 Å². The molecule has 1 atom stereocenters. The lowest BCUT2D eigenvalue weighted by Crippen LogP contribution is -2.45. The van der Waals surface area contributed by atoms with Crippen LogP contribution < -0.4 is 11.1 Å². The van der Waals surface area contributed by atoms with Crippen molar-refractivity contribution in [1.29, 1.82) is 0 Å². The van der Waals surface area contributed by atoms with E-state index >= 15 is 0 Å². The Balaban J connectivity index is 1.95. The van der Waals surface area contributed by atoms with Crippen molar-refractivity contribution in [2.45, 2.75) is 77.0 Å². The number of carboxylic acid groups (broad SMARTS) is 1. The van der Waals surface area contributed by atoms with Gasteiger partial charge in [-0.1, -0.05) is 43.5 Å². The molecule has 1 aromatic heterocycles. The summed E-state index contributed by atoms with van der Waals surface area (Å²) in [5.74, 6) is -1.47. The molecular formula is C30H37N3O6. The third-order valence-corrected chi connectivity index (χ3v) is 7.11. The zero-order valence-corrected chi connectivity index (χ0v) is 23.0. The van der Waals surface area contributed by atoms with Gasteiger partial charge >= 0.3 is 18.0 Å². The van der Waals surface area contributed by atoms with Crippen LogP contribution >= 0.6 is 0 Å². The van der Waals surface area contributed by atoms with Gasteiger partial charge < -0.3 is 30.2 Å². The number of aliphatic carboxylic acids is 1. The van der Waals surface area contributed by atoms with E-state index in [4.69, 9.17) is 15.2 Å². The maximum Gasteiger partial charge on any atom is 0.408 e. The van der Waals surface area contributed by atoms with Gasteiger partial charge in [0.25, 0.3) is 0 Å². The van der Waals surface area contributed by atoms with Crippen molar-refractivity contribution in [2.75, 3.05) is 12.8 Å². The molecule has 1 fully saturated rings. The number of carbonyl (C=O) groups is 3. The number of nitrogen functional groups attached to an aromatic ring is 1. The van der Waals surface area contributed by atoms with Gasteiger partial charge in [0, 0.05) is 22.2 Å². The lowest BCUT2D eigenvalue weighted by atomic mass is 9.81. The Bertz CT molecular complexity index is 1380. The molecule has 0 aliphatic heterocycles. The monoisotopic (exact) mass is 535 g/mol. The highest BCUT2D eigenvalue weighted by atomic mass is 16.6. The van der Waals surface area contributed by atoms with Crippen molar-refractivity contribution in [3.8, 4) is 11.3 Å². The topological polar surface area (TPSA) is 133 Å². The molecule has 0 saturated heterocycles. The second-order valence-corrected chi connectivity index (χ2v) is 11.1. The lowest BCUT2D eigenvalue weighted by Gasteiger charge is -2.25. The minimum absolute atomic E-state index is 0.105. The number of anilines is 1. The van der Waals surface area contributed by atoms with Crippen LogP contribution in [0.3, 0.4) is 0 Å². The fourth-order valence-electron chi connectivity index (χ4n) is 5.44. The second-order valence-electron chi connectivity index (χ2n) is 11.1. The van der Waals surface area contributed by atoms with Gasteiger partial charge in [-0.25, -0.2) is 14.4 Å². The van der Waals surface area contributed by atoms with Crippen LogP contribution in [-0.2, 0) is 20.8 Å². The number of nitrogens with two attached hydrogens (primary N) is 1. The van der Waals surface area contributed by atoms with E-state index in [-0.39, 0.29) is 12.5 Å². The fourth-order valence-corrected chi connectivity index (χ4v) is 5.44. The van der Waals surface area contributed by atoms with Crippen LogP contribution in [-0.4, -0.2) is 46.5 Å². The van der Waals surface area contributed by atoms with Crippen LogP contribution in [0.1, 0.15) is 74.7 Å². The smallest absolute Gasteiger partial charge is 0.408 e. The summed E-state index contributed by atoms with van der Waals surface area (Å²) >= 11 is 0. The first-order valence-corrected chi connectivity index (χ1v) is 13.3. The van der Waals surface area contributed by atoms with Crippen LogP contribution in [0, 0.1) is 0 Å². The Morgan fingerprint density at radius 1 is 1.10 bits per heavy atom. The van der Waals surface area contributed by atoms with E-state index in [2.05, 4.69) is 5.32 Å². The van der Waals surface area contributed by atoms with E-state index in [1.807, 2.05) is 34.9 Å². The van der Waals surface area contributed by atoms with E-state index in [0.29, 0.717) is 16.8 Å². The van der Waals surface area contributed by atoms with Crippen molar-refractivity contribution in [3.63, 3.8) is 0 Å². The largest absolute Gasteiger partial charge is 0.480 e. The van der Waals surface area contributed by atoms with Crippen LogP contribution in [0.25, 0.3) is 22.2 Å². The van der Waals surface area contributed by atoms with E-state index < -0.39 is 29.7 Å². The first-order chi connectivity index (χ1) is 18.5. The average Bonchev–Trinajstić information content (AvgIpc) is 3.20. The number of esters is 1. The summed E-state index contributed by atoms with van der Waals surface area (Å²) in [4.78, 5) is 37.5. The number of carboxylic acids is 1. The van der Waals surface area contributed by atoms with Gasteiger partial charge in [0.2, 0.25) is 0 Å². The molecule has 39 heavy (non-hydrogen) atoms. The molecule has 9 nitrogen and oxygen atoms in total. The summed E-state index contributed by atoms with van der Waals surface area (Å²) in [5, 5.41) is 13.6. The zero-order valence-electron chi connectivity index (χ0n) is 23.0.